The third-order valence-electron chi connectivity index (χ3n) is 4.22. The number of benzene rings is 2. The first kappa shape index (κ1) is 18.8. The smallest absolute Gasteiger partial charge is 0.257 e. The zero-order valence-corrected chi connectivity index (χ0v) is 16.2. The number of carbonyl (C=O) groups excluding carboxylic acids is 1. The molecule has 0 radical (unpaired) electrons. The average molecular weight is 383 g/mol. The van der Waals surface area contributed by atoms with Crippen LogP contribution in [-0.4, -0.2) is 30.3 Å². The minimum absolute atomic E-state index is 0.162. The summed E-state index contributed by atoms with van der Waals surface area (Å²) >= 11 is 1.39. The summed E-state index contributed by atoms with van der Waals surface area (Å²) in [7, 11) is 3.09. The number of nitrogens with one attached hydrogen (secondary N) is 1. The normalized spacial score (nSPS) is 11.7. The van der Waals surface area contributed by atoms with Crippen LogP contribution in [0.4, 0.5) is 5.13 Å². The van der Waals surface area contributed by atoms with Gasteiger partial charge in [0.05, 0.1) is 14.2 Å². The van der Waals surface area contributed by atoms with Crippen molar-refractivity contribution in [2.24, 2.45) is 0 Å². The summed E-state index contributed by atoms with van der Waals surface area (Å²) in [6.45, 7) is 2.11. The highest BCUT2D eigenvalue weighted by Gasteiger charge is 2.19. The first-order valence-corrected chi connectivity index (χ1v) is 9.39. The molecule has 27 heavy (non-hydrogen) atoms. The van der Waals surface area contributed by atoms with Gasteiger partial charge in [-0.05, 0) is 30.2 Å². The Morgan fingerprint density at radius 2 is 1.81 bits per heavy atom. The Labute approximate surface area is 162 Å². The second kappa shape index (κ2) is 8.64. The van der Waals surface area contributed by atoms with Crippen LogP contribution in [0.15, 0.2) is 48.5 Å². The molecule has 0 fully saturated rings. The quantitative estimate of drug-likeness (QED) is 0.657. The van der Waals surface area contributed by atoms with E-state index in [0.717, 1.165) is 11.4 Å². The number of amides is 1. The number of carbonyl (C=O) groups is 1. The summed E-state index contributed by atoms with van der Waals surface area (Å²) in [4.78, 5) is 12.5. The van der Waals surface area contributed by atoms with Crippen LogP contribution in [0.2, 0.25) is 0 Å². The van der Waals surface area contributed by atoms with Crippen molar-refractivity contribution in [3.05, 3.63) is 64.7 Å². The summed E-state index contributed by atoms with van der Waals surface area (Å²) < 4.78 is 10.4. The second-order valence-electron chi connectivity index (χ2n) is 5.84. The molecule has 0 saturated carbocycles. The summed E-state index contributed by atoms with van der Waals surface area (Å²) in [6.07, 6.45) is 0.905. The van der Waals surface area contributed by atoms with Gasteiger partial charge in [0, 0.05) is 11.5 Å². The van der Waals surface area contributed by atoms with Crippen molar-refractivity contribution in [3.8, 4) is 11.5 Å². The minimum Gasteiger partial charge on any atom is -0.493 e. The number of nitrogens with zero attached hydrogens (tertiary/aromatic N) is 2. The summed E-state index contributed by atoms with van der Waals surface area (Å²) in [5, 5.41) is 12.6. The number of anilines is 1. The van der Waals surface area contributed by atoms with Gasteiger partial charge in [-0.3, -0.25) is 10.1 Å². The maximum absolute atomic E-state index is 12.5. The van der Waals surface area contributed by atoms with Gasteiger partial charge in [-0.2, -0.15) is 0 Å². The van der Waals surface area contributed by atoms with E-state index in [1.807, 2.05) is 18.2 Å². The van der Waals surface area contributed by atoms with Gasteiger partial charge >= 0.3 is 0 Å². The van der Waals surface area contributed by atoms with E-state index >= 15 is 0 Å². The van der Waals surface area contributed by atoms with Gasteiger partial charge in [-0.1, -0.05) is 48.6 Å². The van der Waals surface area contributed by atoms with Gasteiger partial charge in [0.25, 0.3) is 5.91 Å². The molecule has 0 aliphatic heterocycles. The molecule has 3 aromatic rings. The molecule has 1 atom stereocenters. The third kappa shape index (κ3) is 4.25. The zero-order chi connectivity index (χ0) is 19.2. The van der Waals surface area contributed by atoms with Gasteiger partial charge in [0.15, 0.2) is 11.5 Å². The van der Waals surface area contributed by atoms with Crippen molar-refractivity contribution < 1.29 is 14.3 Å². The van der Waals surface area contributed by atoms with Crippen molar-refractivity contribution in [1.29, 1.82) is 0 Å². The van der Waals surface area contributed by atoms with Crippen LogP contribution in [0.25, 0.3) is 0 Å². The van der Waals surface area contributed by atoms with Gasteiger partial charge < -0.3 is 9.47 Å². The predicted octanol–water partition coefficient (Wildman–Crippen LogP) is 4.35. The number of hydrogen-bond donors (Lipinski definition) is 1. The van der Waals surface area contributed by atoms with E-state index in [4.69, 9.17) is 9.47 Å². The first-order valence-electron chi connectivity index (χ1n) is 8.58. The van der Waals surface area contributed by atoms with Crippen LogP contribution in [0.3, 0.4) is 0 Å². The topological polar surface area (TPSA) is 73.3 Å². The highest BCUT2D eigenvalue weighted by molar-refractivity contribution is 7.15. The number of ether oxygens (including phenoxy) is 2. The molecule has 0 aliphatic rings. The molecule has 0 unspecified atom stereocenters. The molecule has 0 spiro atoms. The molecule has 140 valence electrons. The van der Waals surface area contributed by atoms with Crippen LogP contribution >= 0.6 is 11.3 Å². The van der Waals surface area contributed by atoms with Crippen LogP contribution in [0.1, 0.15) is 40.2 Å². The van der Waals surface area contributed by atoms with Crippen molar-refractivity contribution >= 4 is 22.4 Å². The van der Waals surface area contributed by atoms with Gasteiger partial charge in [0.1, 0.15) is 5.01 Å². The largest absolute Gasteiger partial charge is 0.493 e. The van der Waals surface area contributed by atoms with Crippen molar-refractivity contribution in [1.82, 2.24) is 10.2 Å². The minimum atomic E-state index is -0.272. The lowest BCUT2D eigenvalue weighted by atomic mass is 9.97. The van der Waals surface area contributed by atoms with E-state index < -0.39 is 0 Å². The Balaban J connectivity index is 1.76. The van der Waals surface area contributed by atoms with Crippen LogP contribution < -0.4 is 14.8 Å². The summed E-state index contributed by atoms with van der Waals surface area (Å²) in [5.41, 5.74) is 1.65. The van der Waals surface area contributed by atoms with E-state index in [1.165, 1.54) is 24.0 Å². The SMILES string of the molecule is CC[C@@H](c1ccccc1)c1nnc(NC(=O)c2ccc(OC)c(OC)c2)s1. The predicted molar refractivity (Wildman–Crippen MR) is 106 cm³/mol. The molecular weight excluding hydrogens is 362 g/mol. The fourth-order valence-electron chi connectivity index (χ4n) is 2.81. The Bertz CT molecular complexity index is 912. The number of rotatable bonds is 7. The van der Waals surface area contributed by atoms with Crippen LogP contribution in [-0.2, 0) is 0 Å². The molecular formula is C20H21N3O3S. The lowest BCUT2D eigenvalue weighted by Crippen LogP contribution is -2.12. The van der Waals surface area contributed by atoms with E-state index in [1.54, 1.807) is 25.3 Å². The molecule has 7 heteroatoms. The van der Waals surface area contributed by atoms with Crippen molar-refractivity contribution in [3.63, 3.8) is 0 Å². The molecule has 1 aromatic heterocycles. The maximum atomic E-state index is 12.5. The summed E-state index contributed by atoms with van der Waals surface area (Å²) in [5.74, 6) is 0.959. The molecule has 1 heterocycles. The zero-order valence-electron chi connectivity index (χ0n) is 15.4. The fraction of sp³-hybridized carbons (Fsp3) is 0.250. The molecule has 1 N–H and O–H groups in total. The highest BCUT2D eigenvalue weighted by atomic mass is 32.1. The molecule has 2 aromatic carbocycles. The van der Waals surface area contributed by atoms with Crippen molar-refractivity contribution in [2.75, 3.05) is 19.5 Å². The molecule has 1 amide bonds. The highest BCUT2D eigenvalue weighted by Crippen LogP contribution is 2.32. The third-order valence-corrected chi connectivity index (χ3v) is 5.17. The lowest BCUT2D eigenvalue weighted by molar-refractivity contribution is 0.102. The van der Waals surface area contributed by atoms with Crippen LogP contribution in [0.5, 0.6) is 11.5 Å². The van der Waals surface area contributed by atoms with Gasteiger partial charge in [-0.25, -0.2) is 0 Å². The maximum Gasteiger partial charge on any atom is 0.257 e. The molecule has 0 aliphatic carbocycles. The Morgan fingerprint density at radius 1 is 1.07 bits per heavy atom. The number of methoxy groups -OCH3 is 2. The summed E-state index contributed by atoms with van der Waals surface area (Å²) in [6, 6.07) is 15.2. The Morgan fingerprint density at radius 3 is 2.48 bits per heavy atom. The lowest BCUT2D eigenvalue weighted by Gasteiger charge is -2.11. The Kier molecular flexibility index (Phi) is 6.03. The molecule has 3 rings (SSSR count). The van der Waals surface area contributed by atoms with E-state index in [-0.39, 0.29) is 11.8 Å². The van der Waals surface area contributed by atoms with E-state index in [9.17, 15) is 4.79 Å². The van der Waals surface area contributed by atoms with Crippen LogP contribution in [0, 0.1) is 0 Å². The van der Waals surface area contributed by atoms with Gasteiger partial charge in [-0.15, -0.1) is 10.2 Å². The second-order valence-corrected chi connectivity index (χ2v) is 6.85. The van der Waals surface area contributed by atoms with E-state index in [2.05, 4.69) is 34.6 Å². The molecule has 6 nitrogen and oxygen atoms in total. The van der Waals surface area contributed by atoms with E-state index in [0.29, 0.717) is 22.2 Å². The number of hydrogen-bond acceptors (Lipinski definition) is 6. The fourth-order valence-corrected chi connectivity index (χ4v) is 3.76. The monoisotopic (exact) mass is 383 g/mol. The van der Waals surface area contributed by atoms with Crippen molar-refractivity contribution in [2.45, 2.75) is 19.3 Å². The molecule has 0 saturated heterocycles. The van der Waals surface area contributed by atoms with Gasteiger partial charge in [0.2, 0.25) is 5.13 Å². The average Bonchev–Trinajstić information content (AvgIpc) is 3.16. The molecule has 0 bridgehead atoms. The number of aromatic nitrogens is 2. The Hall–Kier alpha value is -2.93. The first-order chi connectivity index (χ1) is 13.2. The standard InChI is InChI=1S/C20H21N3O3S/c1-4-15(13-8-6-5-7-9-13)19-22-23-20(27-19)21-18(24)14-10-11-16(25-2)17(12-14)26-3/h5-12,15H,4H2,1-3H3,(H,21,23,24)/t15-/m0/s1.